The number of nitrogens with zero attached hydrogens (tertiary/aromatic N) is 4. The molecule has 1 unspecified atom stereocenters. The summed E-state index contributed by atoms with van der Waals surface area (Å²) in [6.07, 6.45) is 4.92. The van der Waals surface area contributed by atoms with Crippen molar-refractivity contribution in [2.24, 2.45) is 0 Å². The molecule has 1 fully saturated rings. The number of H-pyrrole nitrogens is 1. The molecule has 4 rings (SSSR count). The molecule has 2 aliphatic heterocycles. The Morgan fingerprint density at radius 3 is 2.87 bits per heavy atom. The molecule has 0 aromatic carbocycles. The smallest absolute Gasteiger partial charge is 0.0976 e. The number of allylic oxidation sites excluding steroid dienone is 4. The van der Waals surface area contributed by atoms with Crippen LogP contribution in [0.15, 0.2) is 34.8 Å². The average Bonchev–Trinajstić information content (AvgIpc) is 3.16. The molecule has 4 heterocycles. The molecule has 6 heteroatoms. The molecule has 0 bridgehead atoms. The van der Waals surface area contributed by atoms with Gasteiger partial charge in [0, 0.05) is 22.8 Å². The van der Waals surface area contributed by atoms with Gasteiger partial charge >= 0.3 is 0 Å². The van der Waals surface area contributed by atoms with Crippen LogP contribution in [-0.4, -0.2) is 21.6 Å². The van der Waals surface area contributed by atoms with Gasteiger partial charge in [-0.1, -0.05) is 0 Å². The number of hydrogen-bond acceptors (Lipinski definition) is 5. The lowest BCUT2D eigenvalue weighted by atomic mass is 9.82. The van der Waals surface area contributed by atoms with E-state index in [1.54, 1.807) is 17.5 Å². The lowest BCUT2D eigenvalue weighted by Crippen LogP contribution is -2.33. The first-order valence-electron chi connectivity index (χ1n) is 7.69. The molecule has 0 spiro atoms. The molecule has 0 amide bonds. The molecular weight excluding hydrogens is 306 g/mol. The van der Waals surface area contributed by atoms with Gasteiger partial charge in [-0.3, -0.25) is 5.10 Å². The zero-order chi connectivity index (χ0) is 16.0. The Labute approximate surface area is 138 Å². The second-order valence-corrected chi connectivity index (χ2v) is 7.04. The van der Waals surface area contributed by atoms with Crippen molar-refractivity contribution in [3.63, 3.8) is 0 Å². The zero-order valence-corrected chi connectivity index (χ0v) is 13.6. The van der Waals surface area contributed by atoms with Crippen LogP contribution in [0.2, 0.25) is 0 Å². The molecular formula is C17H15N5S. The number of aromatic nitrogens is 2. The molecule has 2 aromatic rings. The van der Waals surface area contributed by atoms with Crippen LogP contribution in [0, 0.1) is 22.7 Å². The van der Waals surface area contributed by atoms with Crippen molar-refractivity contribution in [2.75, 3.05) is 6.54 Å². The van der Waals surface area contributed by atoms with E-state index in [-0.39, 0.29) is 5.92 Å². The van der Waals surface area contributed by atoms with Crippen molar-refractivity contribution >= 4 is 21.6 Å². The number of fused-ring (bicyclic) bond motifs is 2. The predicted octanol–water partition coefficient (Wildman–Crippen LogP) is 3.78. The summed E-state index contributed by atoms with van der Waals surface area (Å²) in [4.78, 5) is 3.22. The Morgan fingerprint density at radius 2 is 2.13 bits per heavy atom. The largest absolute Gasteiger partial charge is 0.347 e. The fourth-order valence-electron chi connectivity index (χ4n) is 3.62. The van der Waals surface area contributed by atoms with E-state index in [9.17, 15) is 10.5 Å². The minimum absolute atomic E-state index is 0.236. The predicted molar refractivity (Wildman–Crippen MR) is 88.2 cm³/mol. The fraction of sp³-hybridized carbons (Fsp3) is 0.353. The second-order valence-electron chi connectivity index (χ2n) is 5.92. The summed E-state index contributed by atoms with van der Waals surface area (Å²) < 4.78 is 1.06. The summed E-state index contributed by atoms with van der Waals surface area (Å²) in [6.45, 7) is 2.91. The van der Waals surface area contributed by atoms with Gasteiger partial charge in [-0.2, -0.15) is 15.6 Å². The van der Waals surface area contributed by atoms with E-state index in [0.29, 0.717) is 5.57 Å². The van der Waals surface area contributed by atoms with Crippen molar-refractivity contribution in [3.05, 3.63) is 39.7 Å². The van der Waals surface area contributed by atoms with Gasteiger partial charge in [0.05, 0.1) is 45.6 Å². The highest BCUT2D eigenvalue weighted by Crippen LogP contribution is 2.46. The second kappa shape index (κ2) is 5.26. The maximum atomic E-state index is 9.80. The van der Waals surface area contributed by atoms with Gasteiger partial charge in [0.15, 0.2) is 0 Å². The summed E-state index contributed by atoms with van der Waals surface area (Å²) in [5.41, 5.74) is 4.51. The van der Waals surface area contributed by atoms with Gasteiger partial charge in [-0.05, 0) is 32.3 Å². The summed E-state index contributed by atoms with van der Waals surface area (Å²) in [5, 5.41) is 26.5. The standard InChI is InChI=1S/C17H15N5S/c1-10-11(7-18)17(15-6-13-16(23-15)9-20-21-13)12(8-19)14-4-2-3-5-22(10)14/h6,9,17H,2-5H2,1H3,(H,20,21). The van der Waals surface area contributed by atoms with Gasteiger partial charge in [-0.25, -0.2) is 0 Å². The third kappa shape index (κ3) is 1.99. The normalized spacial score (nSPS) is 21.3. The molecule has 1 atom stereocenters. The highest BCUT2D eigenvalue weighted by molar-refractivity contribution is 7.19. The quantitative estimate of drug-likeness (QED) is 0.866. The first-order valence-corrected chi connectivity index (χ1v) is 8.50. The lowest BCUT2D eigenvalue weighted by molar-refractivity contribution is 0.337. The Balaban J connectivity index is 1.93. The van der Waals surface area contributed by atoms with Crippen LogP contribution in [0.1, 0.15) is 37.0 Å². The van der Waals surface area contributed by atoms with Crippen LogP contribution in [0.25, 0.3) is 10.2 Å². The molecule has 2 aliphatic rings. The minimum Gasteiger partial charge on any atom is -0.347 e. The summed E-state index contributed by atoms with van der Waals surface area (Å²) >= 11 is 1.61. The highest BCUT2D eigenvalue weighted by Gasteiger charge is 2.36. The van der Waals surface area contributed by atoms with Crippen molar-refractivity contribution in [3.8, 4) is 12.1 Å². The van der Waals surface area contributed by atoms with Crippen molar-refractivity contribution < 1.29 is 0 Å². The summed E-state index contributed by atoms with van der Waals surface area (Å²) in [5.74, 6) is -0.236. The van der Waals surface area contributed by atoms with E-state index in [1.807, 2.05) is 13.0 Å². The monoisotopic (exact) mass is 321 g/mol. The zero-order valence-electron chi connectivity index (χ0n) is 12.8. The SMILES string of the molecule is CC1=C(C#N)C(c2cc3[nH]ncc3s2)C(C#N)=C2CCCCN12. The third-order valence-corrected chi connectivity index (χ3v) is 5.86. The molecule has 1 saturated heterocycles. The number of thiophene rings is 1. The van der Waals surface area contributed by atoms with E-state index in [4.69, 9.17) is 0 Å². The number of hydrogen-bond donors (Lipinski definition) is 1. The minimum atomic E-state index is -0.236. The van der Waals surface area contributed by atoms with Gasteiger partial charge in [0.1, 0.15) is 0 Å². The maximum absolute atomic E-state index is 9.80. The molecule has 0 aliphatic carbocycles. The average molecular weight is 321 g/mol. The molecule has 114 valence electrons. The van der Waals surface area contributed by atoms with E-state index in [1.165, 1.54) is 0 Å². The molecule has 0 radical (unpaired) electrons. The number of rotatable bonds is 1. The summed E-state index contributed by atoms with van der Waals surface area (Å²) in [6, 6.07) is 6.80. The molecule has 0 saturated carbocycles. The van der Waals surface area contributed by atoms with Crippen LogP contribution in [-0.2, 0) is 0 Å². The number of aromatic amines is 1. The molecule has 5 nitrogen and oxygen atoms in total. The number of nitrogens with one attached hydrogen (secondary N) is 1. The number of nitriles is 2. The van der Waals surface area contributed by atoms with Crippen LogP contribution in [0.4, 0.5) is 0 Å². The maximum Gasteiger partial charge on any atom is 0.0976 e. The number of piperidine rings is 1. The third-order valence-electron chi connectivity index (χ3n) is 4.73. The van der Waals surface area contributed by atoms with Gasteiger partial charge in [-0.15, -0.1) is 11.3 Å². The van der Waals surface area contributed by atoms with Crippen LogP contribution in [0.5, 0.6) is 0 Å². The fourth-order valence-corrected chi connectivity index (χ4v) is 4.72. The van der Waals surface area contributed by atoms with Crippen molar-refractivity contribution in [1.29, 1.82) is 10.5 Å². The Hall–Kier alpha value is -2.57. The van der Waals surface area contributed by atoms with Gasteiger partial charge in [0.2, 0.25) is 0 Å². The van der Waals surface area contributed by atoms with E-state index in [2.05, 4.69) is 27.2 Å². The topological polar surface area (TPSA) is 79.5 Å². The van der Waals surface area contributed by atoms with Crippen molar-refractivity contribution in [2.45, 2.75) is 32.1 Å². The van der Waals surface area contributed by atoms with Crippen molar-refractivity contribution in [1.82, 2.24) is 15.1 Å². The Morgan fingerprint density at radius 1 is 1.30 bits per heavy atom. The molecule has 1 N–H and O–H groups in total. The molecule has 23 heavy (non-hydrogen) atoms. The van der Waals surface area contributed by atoms with Crippen LogP contribution >= 0.6 is 11.3 Å². The van der Waals surface area contributed by atoms with E-state index in [0.717, 1.165) is 57.9 Å². The molecule has 2 aromatic heterocycles. The first-order chi connectivity index (χ1) is 11.2. The van der Waals surface area contributed by atoms with E-state index < -0.39 is 0 Å². The van der Waals surface area contributed by atoms with Crippen LogP contribution < -0.4 is 0 Å². The Bertz CT molecular complexity index is 902. The van der Waals surface area contributed by atoms with Gasteiger partial charge < -0.3 is 4.90 Å². The highest BCUT2D eigenvalue weighted by atomic mass is 32.1. The lowest BCUT2D eigenvalue weighted by Gasteiger charge is -2.39. The Kier molecular flexibility index (Phi) is 3.21. The van der Waals surface area contributed by atoms with Crippen LogP contribution in [0.3, 0.4) is 0 Å². The van der Waals surface area contributed by atoms with Gasteiger partial charge in [0.25, 0.3) is 0 Å². The first kappa shape index (κ1) is 14.0. The van der Waals surface area contributed by atoms with E-state index >= 15 is 0 Å². The summed E-state index contributed by atoms with van der Waals surface area (Å²) in [7, 11) is 0.